The van der Waals surface area contributed by atoms with Crippen LogP contribution in [0.5, 0.6) is 5.75 Å². The molecule has 0 bridgehead atoms. The van der Waals surface area contributed by atoms with E-state index in [0.29, 0.717) is 26.1 Å². The van der Waals surface area contributed by atoms with Gasteiger partial charge in [-0.2, -0.15) is 0 Å². The largest absolute Gasteiger partial charge is 0.492 e. The van der Waals surface area contributed by atoms with Crippen molar-refractivity contribution >= 4 is 17.8 Å². The van der Waals surface area contributed by atoms with Gasteiger partial charge in [-0.3, -0.25) is 14.4 Å². The highest BCUT2D eigenvalue weighted by Crippen LogP contribution is 2.38. The molecule has 24 heavy (non-hydrogen) atoms. The molecule has 3 unspecified atom stereocenters. The predicted molar refractivity (Wildman–Crippen MR) is 84.3 cm³/mol. The van der Waals surface area contributed by atoms with Gasteiger partial charge in [0, 0.05) is 13.0 Å². The van der Waals surface area contributed by atoms with Crippen LogP contribution in [-0.2, 0) is 14.4 Å². The van der Waals surface area contributed by atoms with Crippen molar-refractivity contribution in [3.05, 3.63) is 30.3 Å². The van der Waals surface area contributed by atoms with E-state index >= 15 is 0 Å². The molecule has 1 aromatic rings. The lowest BCUT2D eigenvalue weighted by molar-refractivity contribution is -0.140. The molecule has 7 nitrogen and oxygen atoms in total. The number of nitrogens with one attached hydrogen (secondary N) is 1. The third kappa shape index (κ3) is 3.84. The number of rotatable bonds is 7. The highest BCUT2D eigenvalue weighted by Gasteiger charge is 2.49. The molecule has 128 valence electrons. The maximum absolute atomic E-state index is 12.0. The van der Waals surface area contributed by atoms with Gasteiger partial charge in [-0.15, -0.1) is 0 Å². The number of para-hydroxylation sites is 1. The zero-order valence-corrected chi connectivity index (χ0v) is 13.2. The lowest BCUT2D eigenvalue weighted by atomic mass is 10.2. The molecule has 1 heterocycles. The van der Waals surface area contributed by atoms with E-state index in [0.717, 1.165) is 5.75 Å². The molecule has 7 heteroatoms. The normalized spacial score (nSPS) is 25.4. The average molecular weight is 332 g/mol. The van der Waals surface area contributed by atoms with Crippen LogP contribution >= 0.6 is 0 Å². The van der Waals surface area contributed by atoms with Crippen molar-refractivity contribution in [3.63, 3.8) is 0 Å². The zero-order valence-electron chi connectivity index (χ0n) is 13.2. The van der Waals surface area contributed by atoms with Crippen molar-refractivity contribution in [3.8, 4) is 5.75 Å². The van der Waals surface area contributed by atoms with E-state index in [2.05, 4.69) is 5.32 Å². The van der Waals surface area contributed by atoms with Crippen molar-refractivity contribution in [1.29, 1.82) is 0 Å². The molecule has 1 saturated heterocycles. The van der Waals surface area contributed by atoms with Gasteiger partial charge >= 0.3 is 5.97 Å². The first-order valence-corrected chi connectivity index (χ1v) is 8.03. The number of hydrogen-bond acceptors (Lipinski definition) is 4. The van der Waals surface area contributed by atoms with Crippen LogP contribution in [0.3, 0.4) is 0 Å². The van der Waals surface area contributed by atoms with E-state index in [-0.39, 0.29) is 24.3 Å². The number of nitrogens with zero attached hydrogens (tertiary/aromatic N) is 1. The lowest BCUT2D eigenvalue weighted by Crippen LogP contribution is -2.39. The molecule has 3 rings (SSSR count). The third-order valence-electron chi connectivity index (χ3n) is 4.38. The Labute approximate surface area is 139 Å². The molecule has 0 radical (unpaired) electrons. The van der Waals surface area contributed by atoms with Crippen LogP contribution in [0.15, 0.2) is 30.3 Å². The fraction of sp³-hybridized carbons (Fsp3) is 0.471. The molecular weight excluding hydrogens is 312 g/mol. The van der Waals surface area contributed by atoms with Crippen LogP contribution in [0.2, 0.25) is 0 Å². The van der Waals surface area contributed by atoms with E-state index in [1.165, 1.54) is 0 Å². The number of likely N-dealkylation sites (tertiary alicyclic amines) is 1. The monoisotopic (exact) mass is 332 g/mol. The first-order chi connectivity index (χ1) is 11.5. The Hall–Kier alpha value is -2.57. The second-order valence-corrected chi connectivity index (χ2v) is 6.20. The summed E-state index contributed by atoms with van der Waals surface area (Å²) in [6.45, 7) is 1.29. The molecule has 0 aromatic heterocycles. The Kier molecular flexibility index (Phi) is 4.69. The van der Waals surface area contributed by atoms with E-state index in [9.17, 15) is 14.4 Å². The SMILES string of the molecule is O=C(O)C1CC1C(=O)NC1CC(=O)N(CCOc2ccccc2)C1. The Morgan fingerprint density at radius 2 is 2.00 bits per heavy atom. The molecular formula is C17H20N2O5. The fourth-order valence-corrected chi connectivity index (χ4v) is 2.94. The van der Waals surface area contributed by atoms with Gasteiger partial charge in [0.2, 0.25) is 11.8 Å². The minimum atomic E-state index is -0.933. The molecule has 0 spiro atoms. The number of hydrogen-bond donors (Lipinski definition) is 2. The summed E-state index contributed by atoms with van der Waals surface area (Å²) < 4.78 is 5.57. The summed E-state index contributed by atoms with van der Waals surface area (Å²) in [6, 6.07) is 9.11. The number of carbonyl (C=O) groups is 3. The number of carboxylic acid groups (broad SMARTS) is 1. The summed E-state index contributed by atoms with van der Waals surface area (Å²) in [7, 11) is 0. The summed E-state index contributed by atoms with van der Waals surface area (Å²) in [5.74, 6) is -1.49. The lowest BCUT2D eigenvalue weighted by Gasteiger charge is -2.17. The summed E-state index contributed by atoms with van der Waals surface area (Å²) in [6.07, 6.45) is 0.637. The molecule has 3 atom stereocenters. The molecule has 1 aromatic carbocycles. The number of amides is 2. The van der Waals surface area contributed by atoms with Crippen molar-refractivity contribution in [2.24, 2.45) is 11.8 Å². The van der Waals surface area contributed by atoms with E-state index in [4.69, 9.17) is 9.84 Å². The number of ether oxygens (including phenoxy) is 1. The maximum Gasteiger partial charge on any atom is 0.307 e. The number of carbonyl (C=O) groups excluding carboxylic acids is 2. The van der Waals surface area contributed by atoms with Crippen LogP contribution < -0.4 is 10.1 Å². The maximum atomic E-state index is 12.0. The summed E-state index contributed by atoms with van der Waals surface area (Å²) in [5.41, 5.74) is 0. The van der Waals surface area contributed by atoms with Gasteiger partial charge in [-0.1, -0.05) is 18.2 Å². The zero-order chi connectivity index (χ0) is 17.1. The predicted octanol–water partition coefficient (Wildman–Crippen LogP) is 0.503. The average Bonchev–Trinajstić information content (AvgIpc) is 3.29. The van der Waals surface area contributed by atoms with Gasteiger partial charge in [0.15, 0.2) is 0 Å². The second-order valence-electron chi connectivity index (χ2n) is 6.20. The summed E-state index contributed by atoms with van der Waals surface area (Å²) in [4.78, 5) is 36.4. The summed E-state index contributed by atoms with van der Waals surface area (Å²) in [5, 5.41) is 11.6. The first kappa shape index (κ1) is 16.3. The first-order valence-electron chi connectivity index (χ1n) is 8.03. The van der Waals surface area contributed by atoms with Crippen molar-refractivity contribution < 1.29 is 24.2 Å². The van der Waals surface area contributed by atoms with Crippen LogP contribution in [0.4, 0.5) is 0 Å². The Morgan fingerprint density at radius 3 is 2.67 bits per heavy atom. The van der Waals surface area contributed by atoms with Gasteiger partial charge in [0.1, 0.15) is 12.4 Å². The molecule has 2 N–H and O–H groups in total. The van der Waals surface area contributed by atoms with Gasteiger partial charge in [-0.05, 0) is 18.6 Å². The topological polar surface area (TPSA) is 95.9 Å². The number of carboxylic acids is 1. The minimum absolute atomic E-state index is 0.0254. The Balaban J connectivity index is 1.41. The second kappa shape index (κ2) is 6.90. The van der Waals surface area contributed by atoms with Crippen LogP contribution in [0, 0.1) is 11.8 Å². The van der Waals surface area contributed by atoms with Gasteiger partial charge < -0.3 is 20.1 Å². The molecule has 1 aliphatic heterocycles. The smallest absolute Gasteiger partial charge is 0.307 e. The summed E-state index contributed by atoms with van der Waals surface area (Å²) >= 11 is 0. The molecule has 1 aliphatic carbocycles. The van der Waals surface area contributed by atoms with E-state index < -0.39 is 17.8 Å². The highest BCUT2D eigenvalue weighted by molar-refractivity contribution is 5.90. The standard InChI is InChI=1S/C17H20N2O5/c20-15-8-11(18-16(21)13-9-14(13)17(22)23)10-19(15)6-7-24-12-4-2-1-3-5-12/h1-5,11,13-14H,6-10H2,(H,18,21)(H,22,23). The Bertz CT molecular complexity index is 633. The quantitative estimate of drug-likeness (QED) is 0.758. The van der Waals surface area contributed by atoms with Crippen LogP contribution in [0.1, 0.15) is 12.8 Å². The van der Waals surface area contributed by atoms with Crippen molar-refractivity contribution in [2.75, 3.05) is 19.7 Å². The van der Waals surface area contributed by atoms with Gasteiger partial charge in [0.25, 0.3) is 0 Å². The fourth-order valence-electron chi connectivity index (χ4n) is 2.94. The Morgan fingerprint density at radius 1 is 1.25 bits per heavy atom. The molecule has 2 fully saturated rings. The molecule has 2 aliphatic rings. The number of aliphatic carboxylic acids is 1. The third-order valence-corrected chi connectivity index (χ3v) is 4.38. The highest BCUT2D eigenvalue weighted by atomic mass is 16.5. The van der Waals surface area contributed by atoms with E-state index in [1.54, 1.807) is 4.90 Å². The minimum Gasteiger partial charge on any atom is -0.492 e. The van der Waals surface area contributed by atoms with Crippen LogP contribution in [-0.4, -0.2) is 53.5 Å². The van der Waals surface area contributed by atoms with Gasteiger partial charge in [-0.25, -0.2) is 0 Å². The van der Waals surface area contributed by atoms with Crippen LogP contribution in [0.25, 0.3) is 0 Å². The van der Waals surface area contributed by atoms with Gasteiger partial charge in [0.05, 0.1) is 24.4 Å². The molecule has 2 amide bonds. The molecule has 1 saturated carbocycles. The van der Waals surface area contributed by atoms with E-state index in [1.807, 2.05) is 30.3 Å². The number of benzene rings is 1. The van der Waals surface area contributed by atoms with Crippen molar-refractivity contribution in [1.82, 2.24) is 10.2 Å². The van der Waals surface area contributed by atoms with Crippen molar-refractivity contribution in [2.45, 2.75) is 18.9 Å².